The molecule has 0 spiro atoms. The lowest BCUT2D eigenvalue weighted by Crippen LogP contribution is -2.36. The predicted octanol–water partition coefficient (Wildman–Crippen LogP) is 4.95. The number of aryl methyl sites for hydroxylation is 1. The Kier molecular flexibility index (Phi) is 6.67. The zero-order valence-electron chi connectivity index (χ0n) is 17.7. The smallest absolute Gasteiger partial charge is 0.259 e. The van der Waals surface area contributed by atoms with Crippen molar-refractivity contribution in [2.45, 2.75) is 38.6 Å². The van der Waals surface area contributed by atoms with Crippen LogP contribution in [-0.2, 0) is 6.42 Å². The molecule has 1 aliphatic heterocycles. The van der Waals surface area contributed by atoms with Crippen LogP contribution in [0.3, 0.4) is 0 Å². The third-order valence-corrected chi connectivity index (χ3v) is 5.81. The van der Waals surface area contributed by atoms with E-state index in [9.17, 15) is 9.18 Å². The molecule has 3 aromatic rings. The molecule has 160 valence electrons. The highest BCUT2D eigenvalue weighted by atomic mass is 19.1. The van der Waals surface area contributed by atoms with E-state index >= 15 is 0 Å². The minimum Gasteiger partial charge on any atom is -0.319 e. The molecule has 1 amide bonds. The SMILES string of the molecule is Cc1nc(C2CCCCN2CCc2ccccc2)ncc1C(=O)Nc1ccccc1F. The number of benzene rings is 2. The summed E-state index contributed by atoms with van der Waals surface area (Å²) in [5.74, 6) is -0.117. The van der Waals surface area contributed by atoms with Crippen LogP contribution in [-0.4, -0.2) is 33.9 Å². The van der Waals surface area contributed by atoms with E-state index in [0.717, 1.165) is 38.2 Å². The summed E-state index contributed by atoms with van der Waals surface area (Å²) in [6, 6.07) is 16.7. The Balaban J connectivity index is 1.47. The Bertz CT molecular complexity index is 1040. The van der Waals surface area contributed by atoms with Gasteiger partial charge < -0.3 is 5.32 Å². The number of nitrogens with zero attached hydrogens (tertiary/aromatic N) is 3. The van der Waals surface area contributed by atoms with E-state index in [1.807, 2.05) is 6.07 Å². The molecule has 0 radical (unpaired) electrons. The maximum atomic E-state index is 13.9. The van der Waals surface area contributed by atoms with Crippen LogP contribution in [0, 0.1) is 12.7 Å². The van der Waals surface area contributed by atoms with Gasteiger partial charge in [-0.1, -0.05) is 48.9 Å². The zero-order chi connectivity index (χ0) is 21.6. The van der Waals surface area contributed by atoms with Crippen molar-refractivity contribution < 1.29 is 9.18 Å². The monoisotopic (exact) mass is 418 g/mol. The van der Waals surface area contributed by atoms with Gasteiger partial charge >= 0.3 is 0 Å². The van der Waals surface area contributed by atoms with Gasteiger partial charge in [-0.25, -0.2) is 14.4 Å². The molecule has 1 saturated heterocycles. The van der Waals surface area contributed by atoms with Gasteiger partial charge in [-0.2, -0.15) is 0 Å². The summed E-state index contributed by atoms with van der Waals surface area (Å²) in [6.07, 6.45) is 5.88. The van der Waals surface area contributed by atoms with Crippen molar-refractivity contribution in [3.8, 4) is 0 Å². The van der Waals surface area contributed by atoms with E-state index < -0.39 is 11.7 Å². The molecule has 1 fully saturated rings. The standard InChI is InChI=1S/C25H27FN4O/c1-18-20(25(31)29-22-12-6-5-11-21(22)26)17-27-24(28-18)23-13-7-8-15-30(23)16-14-19-9-3-2-4-10-19/h2-6,9-12,17,23H,7-8,13-16H2,1H3,(H,29,31). The van der Waals surface area contributed by atoms with Crippen LogP contribution >= 0.6 is 0 Å². The number of carbonyl (C=O) groups excluding carboxylic acids is 1. The van der Waals surface area contributed by atoms with Crippen molar-refractivity contribution in [3.63, 3.8) is 0 Å². The number of rotatable bonds is 6. The van der Waals surface area contributed by atoms with Gasteiger partial charge in [-0.15, -0.1) is 0 Å². The van der Waals surface area contributed by atoms with Crippen molar-refractivity contribution in [2.75, 3.05) is 18.4 Å². The molecule has 4 rings (SSSR count). The first-order chi connectivity index (χ1) is 15.1. The van der Waals surface area contributed by atoms with E-state index in [1.54, 1.807) is 25.3 Å². The van der Waals surface area contributed by atoms with Gasteiger partial charge in [-0.3, -0.25) is 9.69 Å². The molecular formula is C25H27FN4O. The lowest BCUT2D eigenvalue weighted by atomic mass is 10.00. The van der Waals surface area contributed by atoms with Crippen molar-refractivity contribution in [3.05, 3.63) is 89.3 Å². The number of halogens is 1. The van der Waals surface area contributed by atoms with Gasteiger partial charge in [0.25, 0.3) is 5.91 Å². The van der Waals surface area contributed by atoms with Gasteiger partial charge in [0, 0.05) is 12.7 Å². The Morgan fingerprint density at radius 3 is 2.68 bits per heavy atom. The van der Waals surface area contributed by atoms with Crippen molar-refractivity contribution in [1.29, 1.82) is 0 Å². The Morgan fingerprint density at radius 1 is 1.13 bits per heavy atom. The molecule has 5 nitrogen and oxygen atoms in total. The van der Waals surface area contributed by atoms with E-state index in [1.165, 1.54) is 24.1 Å². The van der Waals surface area contributed by atoms with E-state index in [-0.39, 0.29) is 11.7 Å². The average molecular weight is 419 g/mol. The third-order valence-electron chi connectivity index (χ3n) is 5.81. The highest BCUT2D eigenvalue weighted by molar-refractivity contribution is 6.04. The molecule has 1 unspecified atom stereocenters. The van der Waals surface area contributed by atoms with Gasteiger partial charge in [-0.05, 0) is 50.4 Å². The van der Waals surface area contributed by atoms with Crippen LogP contribution in [0.25, 0.3) is 0 Å². The number of hydrogen-bond acceptors (Lipinski definition) is 4. The lowest BCUT2D eigenvalue weighted by Gasteiger charge is -2.34. The molecule has 6 heteroatoms. The number of amides is 1. The lowest BCUT2D eigenvalue weighted by molar-refractivity contribution is 0.102. The minimum absolute atomic E-state index is 0.148. The number of carbonyl (C=O) groups is 1. The molecule has 2 heterocycles. The Hall–Kier alpha value is -3.12. The highest BCUT2D eigenvalue weighted by Gasteiger charge is 2.27. The molecule has 1 aromatic heterocycles. The van der Waals surface area contributed by atoms with Crippen LogP contribution in [0.5, 0.6) is 0 Å². The fourth-order valence-corrected chi connectivity index (χ4v) is 4.09. The first-order valence-electron chi connectivity index (χ1n) is 10.8. The fraction of sp³-hybridized carbons (Fsp3) is 0.320. The summed E-state index contributed by atoms with van der Waals surface area (Å²) in [5, 5.41) is 2.61. The van der Waals surface area contributed by atoms with E-state index in [2.05, 4.69) is 44.5 Å². The average Bonchev–Trinajstić information content (AvgIpc) is 2.80. The van der Waals surface area contributed by atoms with Crippen molar-refractivity contribution in [1.82, 2.24) is 14.9 Å². The second-order valence-corrected chi connectivity index (χ2v) is 7.94. The molecule has 0 saturated carbocycles. The van der Waals surface area contributed by atoms with E-state index in [0.29, 0.717) is 11.3 Å². The summed E-state index contributed by atoms with van der Waals surface area (Å²) in [6.45, 7) is 3.78. The van der Waals surface area contributed by atoms with Gasteiger partial charge in [0.1, 0.15) is 11.6 Å². The van der Waals surface area contributed by atoms with Crippen LogP contribution in [0.4, 0.5) is 10.1 Å². The number of para-hydroxylation sites is 1. The molecule has 1 N–H and O–H groups in total. The quantitative estimate of drug-likeness (QED) is 0.616. The summed E-state index contributed by atoms with van der Waals surface area (Å²) >= 11 is 0. The maximum Gasteiger partial charge on any atom is 0.259 e. The van der Waals surface area contributed by atoms with Gasteiger partial charge in [0.15, 0.2) is 0 Å². The van der Waals surface area contributed by atoms with Gasteiger partial charge in [0.2, 0.25) is 0 Å². The highest BCUT2D eigenvalue weighted by Crippen LogP contribution is 2.29. The minimum atomic E-state index is -0.470. The molecule has 0 bridgehead atoms. The normalized spacial score (nSPS) is 16.8. The van der Waals surface area contributed by atoms with Crippen LogP contribution in [0.15, 0.2) is 60.8 Å². The maximum absolute atomic E-state index is 13.9. The summed E-state index contributed by atoms with van der Waals surface area (Å²) < 4.78 is 13.9. The summed E-state index contributed by atoms with van der Waals surface area (Å²) in [4.78, 5) is 24.3. The number of likely N-dealkylation sites (tertiary alicyclic amines) is 1. The van der Waals surface area contributed by atoms with Crippen molar-refractivity contribution >= 4 is 11.6 Å². The second-order valence-electron chi connectivity index (χ2n) is 7.94. The van der Waals surface area contributed by atoms with Crippen molar-refractivity contribution in [2.24, 2.45) is 0 Å². The molecule has 31 heavy (non-hydrogen) atoms. The zero-order valence-corrected chi connectivity index (χ0v) is 17.7. The van der Waals surface area contributed by atoms with E-state index in [4.69, 9.17) is 0 Å². The summed E-state index contributed by atoms with van der Waals surface area (Å²) in [5.41, 5.74) is 2.44. The predicted molar refractivity (Wildman–Crippen MR) is 119 cm³/mol. The Morgan fingerprint density at radius 2 is 1.90 bits per heavy atom. The van der Waals surface area contributed by atoms with Crippen LogP contribution in [0.2, 0.25) is 0 Å². The third kappa shape index (κ3) is 5.14. The Labute approximate surface area is 182 Å². The van der Waals surface area contributed by atoms with Crippen LogP contribution < -0.4 is 5.32 Å². The number of piperidine rings is 1. The molecular weight excluding hydrogens is 391 g/mol. The molecule has 0 aliphatic carbocycles. The topological polar surface area (TPSA) is 58.1 Å². The first kappa shape index (κ1) is 21.1. The molecule has 2 aromatic carbocycles. The first-order valence-corrected chi connectivity index (χ1v) is 10.8. The molecule has 1 aliphatic rings. The number of anilines is 1. The fourth-order valence-electron chi connectivity index (χ4n) is 4.09. The second kappa shape index (κ2) is 9.79. The summed E-state index contributed by atoms with van der Waals surface area (Å²) in [7, 11) is 0. The molecule has 1 atom stereocenters. The van der Waals surface area contributed by atoms with Gasteiger partial charge in [0.05, 0.1) is 23.0 Å². The largest absolute Gasteiger partial charge is 0.319 e. The number of aromatic nitrogens is 2. The number of nitrogens with one attached hydrogen (secondary N) is 1. The number of hydrogen-bond donors (Lipinski definition) is 1. The van der Waals surface area contributed by atoms with Crippen LogP contribution in [0.1, 0.15) is 52.7 Å².